The van der Waals surface area contributed by atoms with Crippen molar-refractivity contribution < 1.29 is 14.2 Å². The Morgan fingerprint density at radius 3 is 1.96 bits per heavy atom. The minimum absolute atomic E-state index is 0.00301. The van der Waals surface area contributed by atoms with Gasteiger partial charge < -0.3 is 19.9 Å². The highest BCUT2D eigenvalue weighted by Gasteiger charge is 2.23. The van der Waals surface area contributed by atoms with Crippen molar-refractivity contribution in [2.75, 3.05) is 20.3 Å². The third kappa shape index (κ3) is 5.65. The van der Waals surface area contributed by atoms with Gasteiger partial charge >= 0.3 is 0 Å². The minimum atomic E-state index is -0.00301. The van der Waals surface area contributed by atoms with Crippen LogP contribution in [0.3, 0.4) is 0 Å². The lowest BCUT2D eigenvalue weighted by Crippen LogP contribution is -2.19. The molecule has 0 aliphatic rings. The van der Waals surface area contributed by atoms with Crippen LogP contribution in [-0.2, 0) is 17.4 Å². The van der Waals surface area contributed by atoms with Crippen molar-refractivity contribution in [1.82, 2.24) is 0 Å². The summed E-state index contributed by atoms with van der Waals surface area (Å²) in [5.41, 5.74) is 9.38. The average Bonchev–Trinajstić information content (AvgIpc) is 2.63. The van der Waals surface area contributed by atoms with Gasteiger partial charge in [-0.15, -0.1) is 0 Å². The maximum atomic E-state index is 6.10. The van der Waals surface area contributed by atoms with E-state index in [0.717, 1.165) is 22.8 Å². The maximum Gasteiger partial charge on any atom is 0.127 e. The molecule has 154 valence electrons. The fraction of sp³-hybridized carbons (Fsp3) is 0.500. The van der Waals surface area contributed by atoms with Crippen LogP contribution in [0.5, 0.6) is 17.2 Å². The Hall–Kier alpha value is -2.20. The van der Waals surface area contributed by atoms with E-state index in [1.165, 1.54) is 11.1 Å². The quantitative estimate of drug-likeness (QED) is 0.665. The van der Waals surface area contributed by atoms with Gasteiger partial charge in [0.25, 0.3) is 0 Å². The van der Waals surface area contributed by atoms with Crippen LogP contribution in [-0.4, -0.2) is 20.3 Å². The molecule has 0 amide bonds. The van der Waals surface area contributed by atoms with E-state index in [-0.39, 0.29) is 10.8 Å². The van der Waals surface area contributed by atoms with E-state index >= 15 is 0 Å². The molecule has 0 atom stereocenters. The molecule has 0 heterocycles. The maximum absolute atomic E-state index is 6.10. The van der Waals surface area contributed by atoms with Gasteiger partial charge in [0.1, 0.15) is 30.5 Å². The highest BCUT2D eigenvalue weighted by Crippen LogP contribution is 2.35. The molecule has 2 aromatic rings. The van der Waals surface area contributed by atoms with E-state index in [1.54, 1.807) is 7.11 Å². The van der Waals surface area contributed by atoms with Gasteiger partial charge in [0.2, 0.25) is 0 Å². The normalized spacial score (nSPS) is 12.0. The molecule has 4 nitrogen and oxygen atoms in total. The van der Waals surface area contributed by atoms with Gasteiger partial charge in [-0.25, -0.2) is 0 Å². The van der Waals surface area contributed by atoms with E-state index in [1.807, 2.05) is 18.2 Å². The standard InChI is InChI=1S/C24H35NO3/c1-23(2,3)18-9-11-21(20(14-18)24(4,5)6)27-12-13-28-22-15-19(26-7)10-8-17(22)16-25/h8-11,14-15H,12-13,16,25H2,1-7H3. The van der Waals surface area contributed by atoms with Crippen molar-refractivity contribution in [2.45, 2.75) is 58.9 Å². The number of benzene rings is 2. The van der Waals surface area contributed by atoms with Crippen molar-refractivity contribution in [3.8, 4) is 17.2 Å². The Morgan fingerprint density at radius 1 is 0.786 bits per heavy atom. The Morgan fingerprint density at radius 2 is 1.43 bits per heavy atom. The molecule has 0 fully saturated rings. The van der Waals surface area contributed by atoms with Crippen LogP contribution in [0, 0.1) is 0 Å². The number of methoxy groups -OCH3 is 1. The summed E-state index contributed by atoms with van der Waals surface area (Å²) < 4.78 is 17.3. The second-order valence-electron chi connectivity index (χ2n) is 9.09. The van der Waals surface area contributed by atoms with Crippen LogP contribution in [0.25, 0.3) is 0 Å². The lowest BCUT2D eigenvalue weighted by atomic mass is 9.80. The molecular weight excluding hydrogens is 350 g/mol. The zero-order valence-corrected chi connectivity index (χ0v) is 18.4. The molecule has 0 radical (unpaired) electrons. The first-order chi connectivity index (χ1) is 13.1. The molecule has 4 heteroatoms. The summed E-state index contributed by atoms with van der Waals surface area (Å²) in [5.74, 6) is 2.40. The molecule has 0 unspecified atom stereocenters. The SMILES string of the molecule is COc1ccc(CN)c(OCCOc2ccc(C(C)(C)C)cc2C(C)(C)C)c1. The molecule has 0 spiro atoms. The first-order valence-electron chi connectivity index (χ1n) is 9.84. The van der Waals surface area contributed by atoms with E-state index in [4.69, 9.17) is 19.9 Å². The largest absolute Gasteiger partial charge is 0.497 e. The lowest BCUT2D eigenvalue weighted by molar-refractivity contribution is 0.212. The van der Waals surface area contributed by atoms with Crippen molar-refractivity contribution in [1.29, 1.82) is 0 Å². The minimum Gasteiger partial charge on any atom is -0.497 e. The number of rotatable bonds is 7. The van der Waals surface area contributed by atoms with Crippen LogP contribution in [0.2, 0.25) is 0 Å². The molecule has 0 saturated carbocycles. The summed E-state index contributed by atoms with van der Waals surface area (Å²) in [6.45, 7) is 14.6. The summed E-state index contributed by atoms with van der Waals surface area (Å²) >= 11 is 0. The van der Waals surface area contributed by atoms with E-state index < -0.39 is 0 Å². The predicted molar refractivity (Wildman–Crippen MR) is 116 cm³/mol. The van der Waals surface area contributed by atoms with Gasteiger partial charge in [-0.1, -0.05) is 59.7 Å². The third-order valence-corrected chi connectivity index (χ3v) is 4.75. The fourth-order valence-electron chi connectivity index (χ4n) is 2.98. The Labute approximate surface area is 170 Å². The summed E-state index contributed by atoms with van der Waals surface area (Å²) in [7, 11) is 1.64. The number of hydrogen-bond acceptors (Lipinski definition) is 4. The number of nitrogens with two attached hydrogens (primary N) is 1. The van der Waals surface area contributed by atoms with Gasteiger partial charge in [-0.2, -0.15) is 0 Å². The average molecular weight is 386 g/mol. The first-order valence-corrected chi connectivity index (χ1v) is 9.84. The van der Waals surface area contributed by atoms with Crippen molar-refractivity contribution in [3.63, 3.8) is 0 Å². The molecule has 28 heavy (non-hydrogen) atoms. The van der Waals surface area contributed by atoms with Crippen molar-refractivity contribution in [2.24, 2.45) is 5.73 Å². The molecule has 2 aromatic carbocycles. The van der Waals surface area contributed by atoms with Gasteiger partial charge in [0, 0.05) is 18.2 Å². The predicted octanol–water partition coefficient (Wildman–Crippen LogP) is 5.21. The number of hydrogen-bond donors (Lipinski definition) is 1. The van der Waals surface area contributed by atoms with E-state index in [0.29, 0.717) is 19.8 Å². The van der Waals surface area contributed by atoms with Gasteiger partial charge in [-0.3, -0.25) is 0 Å². The lowest BCUT2D eigenvalue weighted by Gasteiger charge is -2.27. The second kappa shape index (κ2) is 8.87. The van der Waals surface area contributed by atoms with Gasteiger partial charge in [0.15, 0.2) is 0 Å². The van der Waals surface area contributed by atoms with Gasteiger partial charge in [0.05, 0.1) is 7.11 Å². The summed E-state index contributed by atoms with van der Waals surface area (Å²) in [6.07, 6.45) is 0. The monoisotopic (exact) mass is 385 g/mol. The Balaban J connectivity index is 2.09. The van der Waals surface area contributed by atoms with Crippen molar-refractivity contribution in [3.05, 3.63) is 53.1 Å². The molecular formula is C24H35NO3. The first kappa shape index (κ1) is 22.1. The van der Waals surface area contributed by atoms with Crippen LogP contribution < -0.4 is 19.9 Å². The fourth-order valence-corrected chi connectivity index (χ4v) is 2.98. The molecule has 2 rings (SSSR count). The summed E-state index contributed by atoms with van der Waals surface area (Å²) in [6, 6.07) is 12.2. The van der Waals surface area contributed by atoms with Crippen LogP contribution in [0.15, 0.2) is 36.4 Å². The zero-order valence-electron chi connectivity index (χ0n) is 18.4. The summed E-state index contributed by atoms with van der Waals surface area (Å²) in [4.78, 5) is 0. The van der Waals surface area contributed by atoms with E-state index in [2.05, 4.69) is 59.7 Å². The van der Waals surface area contributed by atoms with Crippen molar-refractivity contribution >= 4 is 0 Å². The molecule has 0 aliphatic carbocycles. The Bertz CT molecular complexity index is 785. The van der Waals surface area contributed by atoms with E-state index in [9.17, 15) is 0 Å². The van der Waals surface area contributed by atoms with Crippen LogP contribution >= 0.6 is 0 Å². The molecule has 0 aromatic heterocycles. The smallest absolute Gasteiger partial charge is 0.127 e. The second-order valence-corrected chi connectivity index (χ2v) is 9.09. The molecule has 2 N–H and O–H groups in total. The van der Waals surface area contributed by atoms with Gasteiger partial charge in [-0.05, 0) is 34.1 Å². The molecule has 0 saturated heterocycles. The van der Waals surface area contributed by atoms with Crippen LogP contribution in [0.4, 0.5) is 0 Å². The third-order valence-electron chi connectivity index (χ3n) is 4.75. The molecule has 0 bridgehead atoms. The zero-order chi connectivity index (χ0) is 20.9. The Kier molecular flexibility index (Phi) is 7.00. The molecule has 0 aliphatic heterocycles. The summed E-state index contributed by atoms with van der Waals surface area (Å²) in [5, 5.41) is 0. The highest BCUT2D eigenvalue weighted by atomic mass is 16.5. The topological polar surface area (TPSA) is 53.7 Å². The number of ether oxygens (including phenoxy) is 3. The highest BCUT2D eigenvalue weighted by molar-refractivity contribution is 5.44. The van der Waals surface area contributed by atoms with Crippen LogP contribution in [0.1, 0.15) is 58.2 Å².